The minimum Gasteiger partial charge on any atom is -0.486 e. The summed E-state index contributed by atoms with van der Waals surface area (Å²) >= 11 is 0. The summed E-state index contributed by atoms with van der Waals surface area (Å²) in [6.45, 7) is 2.72. The number of carbonyl (C=O) groups excluding carboxylic acids is 1. The monoisotopic (exact) mass is 433 g/mol. The summed E-state index contributed by atoms with van der Waals surface area (Å²) in [6, 6.07) is 6.88. The van der Waals surface area contributed by atoms with E-state index in [0.717, 1.165) is 24.5 Å². The molecule has 1 aromatic rings. The number of fused-ring (bicyclic) bond motifs is 2. The van der Waals surface area contributed by atoms with Crippen LogP contribution in [-0.2, 0) is 9.84 Å². The van der Waals surface area contributed by atoms with Crippen molar-refractivity contribution in [1.29, 1.82) is 0 Å². The number of benzene rings is 1. The third kappa shape index (κ3) is 2.63. The highest BCUT2D eigenvalue weighted by atomic mass is 32.2. The SMILES string of the molecule is CN(C(=O)N1CCS(=O)(=O)CC1)C1C2CN(c3ccc4c(c3)OCCO4)[C@@H]3CC13C2. The van der Waals surface area contributed by atoms with E-state index in [0.29, 0.717) is 38.3 Å². The first kappa shape index (κ1) is 18.6. The van der Waals surface area contributed by atoms with Crippen molar-refractivity contribution < 1.29 is 22.7 Å². The highest BCUT2D eigenvalue weighted by Crippen LogP contribution is 2.70. The quantitative estimate of drug-likeness (QED) is 0.698. The predicted molar refractivity (Wildman–Crippen MR) is 111 cm³/mol. The molecule has 8 nitrogen and oxygen atoms in total. The van der Waals surface area contributed by atoms with Crippen molar-refractivity contribution >= 4 is 21.6 Å². The molecule has 6 rings (SSSR count). The maximum Gasteiger partial charge on any atom is 0.320 e. The van der Waals surface area contributed by atoms with E-state index in [9.17, 15) is 13.2 Å². The largest absolute Gasteiger partial charge is 0.486 e. The maximum atomic E-state index is 13.1. The van der Waals surface area contributed by atoms with E-state index >= 15 is 0 Å². The Bertz CT molecular complexity index is 1000. The summed E-state index contributed by atoms with van der Waals surface area (Å²) in [5.74, 6) is 2.22. The van der Waals surface area contributed by atoms with E-state index in [-0.39, 0.29) is 29.0 Å². The molecule has 0 radical (unpaired) electrons. The van der Waals surface area contributed by atoms with Gasteiger partial charge in [0.05, 0.1) is 11.5 Å². The minimum atomic E-state index is -2.99. The van der Waals surface area contributed by atoms with Crippen LogP contribution in [0.1, 0.15) is 12.8 Å². The molecule has 2 amide bonds. The van der Waals surface area contributed by atoms with Crippen molar-refractivity contribution in [2.24, 2.45) is 11.3 Å². The van der Waals surface area contributed by atoms with E-state index in [1.165, 1.54) is 12.1 Å². The van der Waals surface area contributed by atoms with Crippen LogP contribution in [0.15, 0.2) is 18.2 Å². The summed E-state index contributed by atoms with van der Waals surface area (Å²) in [4.78, 5) is 19.2. The third-order valence-corrected chi connectivity index (χ3v) is 9.36. The normalized spacial score (nSPS) is 35.2. The predicted octanol–water partition coefficient (Wildman–Crippen LogP) is 1.21. The second-order valence-corrected chi connectivity index (χ2v) is 11.7. The van der Waals surface area contributed by atoms with Gasteiger partial charge in [-0.3, -0.25) is 0 Å². The molecule has 162 valence electrons. The molecule has 3 heterocycles. The number of ether oxygens (including phenoxy) is 2. The van der Waals surface area contributed by atoms with Gasteiger partial charge in [0.25, 0.3) is 0 Å². The van der Waals surface area contributed by atoms with Gasteiger partial charge in [-0.2, -0.15) is 0 Å². The molecule has 2 bridgehead atoms. The zero-order valence-corrected chi connectivity index (χ0v) is 17.9. The molecule has 2 saturated heterocycles. The number of urea groups is 1. The molecule has 2 aliphatic carbocycles. The smallest absolute Gasteiger partial charge is 0.320 e. The molecule has 30 heavy (non-hydrogen) atoms. The average Bonchev–Trinajstić information content (AvgIpc) is 3.51. The fourth-order valence-electron chi connectivity index (χ4n) is 6.28. The molecule has 0 aromatic heterocycles. The first-order valence-corrected chi connectivity index (χ1v) is 12.6. The number of rotatable bonds is 2. The number of nitrogens with zero attached hydrogens (tertiary/aromatic N) is 3. The molecule has 9 heteroatoms. The fourth-order valence-corrected chi connectivity index (χ4v) is 7.48. The molecule has 5 aliphatic rings. The molecule has 1 spiro atoms. The number of hydrogen-bond acceptors (Lipinski definition) is 6. The lowest BCUT2D eigenvalue weighted by Gasteiger charge is -2.57. The third-order valence-electron chi connectivity index (χ3n) is 7.75. The number of piperidine rings is 2. The van der Waals surface area contributed by atoms with E-state index in [1.54, 1.807) is 4.90 Å². The van der Waals surface area contributed by atoms with Crippen molar-refractivity contribution in [2.45, 2.75) is 24.9 Å². The van der Waals surface area contributed by atoms with Gasteiger partial charge in [0.15, 0.2) is 21.3 Å². The highest BCUT2D eigenvalue weighted by Gasteiger charge is 2.75. The zero-order chi connectivity index (χ0) is 20.7. The second kappa shape index (κ2) is 6.18. The van der Waals surface area contributed by atoms with Gasteiger partial charge < -0.3 is 24.2 Å². The Morgan fingerprint density at radius 3 is 2.63 bits per heavy atom. The Morgan fingerprint density at radius 1 is 1.13 bits per heavy atom. The maximum absolute atomic E-state index is 13.1. The van der Waals surface area contributed by atoms with Crippen molar-refractivity contribution in [3.05, 3.63) is 18.2 Å². The van der Waals surface area contributed by atoms with Crippen LogP contribution in [0.5, 0.6) is 11.5 Å². The zero-order valence-electron chi connectivity index (χ0n) is 17.1. The van der Waals surface area contributed by atoms with E-state index in [1.807, 2.05) is 18.0 Å². The topological polar surface area (TPSA) is 79.4 Å². The van der Waals surface area contributed by atoms with Gasteiger partial charge >= 0.3 is 6.03 Å². The Morgan fingerprint density at radius 2 is 1.87 bits per heavy atom. The van der Waals surface area contributed by atoms with Gasteiger partial charge in [-0.1, -0.05) is 0 Å². The van der Waals surface area contributed by atoms with Gasteiger partial charge in [0.1, 0.15) is 13.2 Å². The van der Waals surface area contributed by atoms with Crippen LogP contribution < -0.4 is 14.4 Å². The molecular formula is C21H27N3O5S. The van der Waals surface area contributed by atoms with E-state index in [4.69, 9.17) is 9.47 Å². The first-order valence-electron chi connectivity index (χ1n) is 10.8. The Kier molecular flexibility index (Phi) is 3.83. The summed E-state index contributed by atoms with van der Waals surface area (Å²) in [6.07, 6.45) is 2.28. The summed E-state index contributed by atoms with van der Waals surface area (Å²) in [5.41, 5.74) is 1.35. The van der Waals surface area contributed by atoms with Crippen LogP contribution in [-0.4, -0.2) is 87.7 Å². The molecule has 0 N–H and O–H groups in total. The van der Waals surface area contributed by atoms with Gasteiger partial charge in [-0.05, 0) is 30.9 Å². The van der Waals surface area contributed by atoms with Crippen LogP contribution in [0, 0.1) is 11.3 Å². The molecule has 1 aromatic carbocycles. The second-order valence-electron chi connectivity index (χ2n) is 9.37. The van der Waals surface area contributed by atoms with Crippen LogP contribution in [0.25, 0.3) is 0 Å². The highest BCUT2D eigenvalue weighted by molar-refractivity contribution is 7.91. The molecule has 2 saturated carbocycles. The number of anilines is 1. The lowest BCUT2D eigenvalue weighted by Crippen LogP contribution is -2.66. The molecule has 4 fully saturated rings. The van der Waals surface area contributed by atoms with E-state index < -0.39 is 9.84 Å². The Hall–Kier alpha value is -2.16. The van der Waals surface area contributed by atoms with Gasteiger partial charge in [0.2, 0.25) is 0 Å². The van der Waals surface area contributed by atoms with E-state index in [2.05, 4.69) is 17.0 Å². The van der Waals surface area contributed by atoms with Crippen molar-refractivity contribution in [3.63, 3.8) is 0 Å². The van der Waals surface area contributed by atoms with Crippen LogP contribution in [0.3, 0.4) is 0 Å². The molecule has 3 unspecified atom stereocenters. The number of hydrogen-bond donors (Lipinski definition) is 0. The van der Waals surface area contributed by atoms with Gasteiger partial charge in [-0.15, -0.1) is 0 Å². The first-order chi connectivity index (χ1) is 14.4. The molecular weight excluding hydrogens is 406 g/mol. The number of carbonyl (C=O) groups is 1. The van der Waals surface area contributed by atoms with Crippen molar-refractivity contribution in [2.75, 3.05) is 56.3 Å². The fraction of sp³-hybridized carbons (Fsp3) is 0.667. The summed E-state index contributed by atoms with van der Waals surface area (Å²) in [7, 11) is -1.09. The molecule has 3 aliphatic heterocycles. The summed E-state index contributed by atoms with van der Waals surface area (Å²) < 4.78 is 34.8. The molecule has 4 atom stereocenters. The van der Waals surface area contributed by atoms with Gasteiger partial charge in [0, 0.05) is 55.9 Å². The summed E-state index contributed by atoms with van der Waals surface area (Å²) in [5, 5.41) is 0. The lowest BCUT2D eigenvalue weighted by atomic mass is 9.63. The van der Waals surface area contributed by atoms with Crippen molar-refractivity contribution in [3.8, 4) is 11.5 Å². The minimum absolute atomic E-state index is 0.0163. The lowest BCUT2D eigenvalue weighted by molar-refractivity contribution is -0.00905. The number of amides is 2. The van der Waals surface area contributed by atoms with Crippen molar-refractivity contribution in [1.82, 2.24) is 9.80 Å². The Balaban J connectivity index is 1.17. The average molecular weight is 434 g/mol. The van der Waals surface area contributed by atoms with Gasteiger partial charge in [-0.25, -0.2) is 13.2 Å². The van der Waals surface area contributed by atoms with Crippen LogP contribution >= 0.6 is 0 Å². The van der Waals surface area contributed by atoms with Crippen LogP contribution in [0.2, 0.25) is 0 Å². The standard InChI is InChI=1S/C21H27N3O5S/c1-22(20(25)23-4-8-30(26,27)9-5-23)19-14-11-21(19)12-18(21)24(13-14)15-2-3-16-17(10-15)29-7-6-28-16/h2-3,10,14,18-19H,4-9,11-13H2,1H3/t14?,18-,19?,21?/m1/s1. The van der Waals surface area contributed by atoms with Crippen LogP contribution in [0.4, 0.5) is 10.5 Å². The Labute approximate surface area is 176 Å². The number of sulfone groups is 1.